The molecule has 0 bridgehead atoms. The van der Waals surface area contributed by atoms with E-state index in [2.05, 4.69) is 25.3 Å². The van der Waals surface area contributed by atoms with Gasteiger partial charge >= 0.3 is 18.9 Å². The Morgan fingerprint density at radius 2 is 1.97 bits per heavy atom. The number of nitrogens with zero attached hydrogens (tertiary/aromatic N) is 5. The predicted octanol–water partition coefficient (Wildman–Crippen LogP) is -1.35. The van der Waals surface area contributed by atoms with E-state index in [4.69, 9.17) is 4.74 Å². The molecule has 4 rings (SSSR count). The molecule has 0 amide bonds. The zero-order valence-electron chi connectivity index (χ0n) is 16.6. The van der Waals surface area contributed by atoms with Crippen LogP contribution in [0.15, 0.2) is 30.7 Å². The summed E-state index contributed by atoms with van der Waals surface area (Å²) in [7, 11) is 0. The standard InChI is InChI=1S/C19H19FN6O3.Li/c1-11-21-10-16(26(11)13-4-6-29-7-5-13)17-14(20)9-23-19(25-17)24-12-2-3-15(18(27)28)22-8-12;/h2-3,8-10,13H,4-7H2,1H3,(H,27,28)(H,23,24,25);/q;+1/p-1. The Kier molecular flexibility index (Phi) is 6.82. The maximum absolute atomic E-state index is 14.6. The minimum absolute atomic E-state index is 0. The van der Waals surface area contributed by atoms with Gasteiger partial charge in [-0.15, -0.1) is 0 Å². The topological polar surface area (TPSA) is 118 Å². The molecule has 0 saturated carbocycles. The molecular formula is C19H18FLiN6O3. The van der Waals surface area contributed by atoms with Gasteiger partial charge in [0.2, 0.25) is 5.95 Å². The molecule has 150 valence electrons. The van der Waals surface area contributed by atoms with E-state index in [1.54, 1.807) is 6.20 Å². The van der Waals surface area contributed by atoms with Crippen molar-refractivity contribution in [2.24, 2.45) is 0 Å². The van der Waals surface area contributed by atoms with Gasteiger partial charge in [-0.3, -0.25) is 4.98 Å². The largest absolute Gasteiger partial charge is 1.00 e. The molecular weight excluding hydrogens is 386 g/mol. The second kappa shape index (κ2) is 9.34. The predicted molar refractivity (Wildman–Crippen MR) is 98.9 cm³/mol. The number of aromatic carboxylic acids is 1. The van der Waals surface area contributed by atoms with Crippen molar-refractivity contribution < 1.29 is 37.9 Å². The van der Waals surface area contributed by atoms with Gasteiger partial charge in [-0.1, -0.05) is 0 Å². The molecule has 1 aliphatic rings. The Bertz CT molecular complexity index is 1040. The van der Waals surface area contributed by atoms with Gasteiger partial charge in [-0.2, -0.15) is 0 Å². The van der Waals surface area contributed by atoms with Crippen LogP contribution in [0.4, 0.5) is 16.0 Å². The van der Waals surface area contributed by atoms with Gasteiger partial charge in [0, 0.05) is 19.3 Å². The number of carboxylic acid groups (broad SMARTS) is 1. The summed E-state index contributed by atoms with van der Waals surface area (Å²) in [5.41, 5.74) is 0.977. The molecule has 3 aromatic rings. The van der Waals surface area contributed by atoms with Crippen LogP contribution < -0.4 is 29.3 Å². The minimum atomic E-state index is -1.37. The van der Waals surface area contributed by atoms with E-state index in [1.807, 2.05) is 11.5 Å². The van der Waals surface area contributed by atoms with Gasteiger partial charge in [0.1, 0.15) is 11.5 Å². The summed E-state index contributed by atoms with van der Waals surface area (Å²) >= 11 is 0. The summed E-state index contributed by atoms with van der Waals surface area (Å²) in [5.74, 6) is -0.994. The summed E-state index contributed by atoms with van der Waals surface area (Å²) in [5, 5.41) is 13.7. The summed E-state index contributed by atoms with van der Waals surface area (Å²) in [6, 6.07) is 2.96. The first kappa shape index (κ1) is 21.9. The number of carboxylic acids is 1. The molecule has 1 N–H and O–H groups in total. The van der Waals surface area contributed by atoms with Crippen LogP contribution in [0.25, 0.3) is 11.4 Å². The number of nitrogens with one attached hydrogen (secondary N) is 1. The van der Waals surface area contributed by atoms with Crippen LogP contribution in [0.5, 0.6) is 0 Å². The number of hydrogen-bond donors (Lipinski definition) is 1. The van der Waals surface area contributed by atoms with Crippen LogP contribution in [-0.2, 0) is 4.74 Å². The van der Waals surface area contributed by atoms with Crippen molar-refractivity contribution in [1.82, 2.24) is 24.5 Å². The number of aromatic nitrogens is 5. The van der Waals surface area contributed by atoms with Crippen molar-refractivity contribution in [1.29, 1.82) is 0 Å². The zero-order chi connectivity index (χ0) is 20.4. The number of hydrogen-bond acceptors (Lipinski definition) is 8. The van der Waals surface area contributed by atoms with Crippen LogP contribution in [0.1, 0.15) is 35.2 Å². The van der Waals surface area contributed by atoms with Crippen LogP contribution in [0, 0.1) is 12.7 Å². The summed E-state index contributed by atoms with van der Waals surface area (Å²) in [6.07, 6.45) is 5.64. The fraction of sp³-hybridized carbons (Fsp3) is 0.316. The number of halogens is 1. The first-order chi connectivity index (χ1) is 14.0. The molecule has 0 aliphatic carbocycles. The van der Waals surface area contributed by atoms with Crippen molar-refractivity contribution >= 4 is 17.6 Å². The van der Waals surface area contributed by atoms with E-state index in [-0.39, 0.29) is 42.2 Å². The molecule has 30 heavy (non-hydrogen) atoms. The second-order valence-corrected chi connectivity index (χ2v) is 6.64. The third-order valence-corrected chi connectivity index (χ3v) is 4.75. The quantitative estimate of drug-likeness (QED) is 0.519. The summed E-state index contributed by atoms with van der Waals surface area (Å²) in [6.45, 7) is 3.17. The van der Waals surface area contributed by atoms with E-state index in [0.717, 1.165) is 24.9 Å². The molecule has 0 spiro atoms. The maximum Gasteiger partial charge on any atom is 1.00 e. The molecule has 0 aromatic carbocycles. The van der Waals surface area contributed by atoms with Crippen molar-refractivity contribution in [3.05, 3.63) is 48.1 Å². The third-order valence-electron chi connectivity index (χ3n) is 4.75. The summed E-state index contributed by atoms with van der Waals surface area (Å²) in [4.78, 5) is 27.2. The number of carbonyl (C=O) groups is 1. The Labute approximate surface area is 183 Å². The van der Waals surface area contributed by atoms with Gasteiger partial charge in [0.25, 0.3) is 0 Å². The van der Waals surface area contributed by atoms with Crippen molar-refractivity contribution in [2.75, 3.05) is 18.5 Å². The second-order valence-electron chi connectivity index (χ2n) is 6.64. The molecule has 1 fully saturated rings. The van der Waals surface area contributed by atoms with Crippen molar-refractivity contribution in [3.63, 3.8) is 0 Å². The van der Waals surface area contributed by atoms with Crippen molar-refractivity contribution in [3.8, 4) is 11.4 Å². The average molecular weight is 404 g/mol. The van der Waals surface area contributed by atoms with Gasteiger partial charge in [0.05, 0.1) is 41.6 Å². The zero-order valence-corrected chi connectivity index (χ0v) is 16.6. The number of rotatable bonds is 5. The fourth-order valence-corrected chi connectivity index (χ4v) is 3.36. The SMILES string of the molecule is Cc1ncc(-c2nc(Nc3ccc(C(=O)[O-])nc3)ncc2F)n1C1CCOCC1.[Li+]. The summed E-state index contributed by atoms with van der Waals surface area (Å²) < 4.78 is 22.0. The van der Waals surface area contributed by atoms with Crippen LogP contribution in [-0.4, -0.2) is 43.7 Å². The van der Waals surface area contributed by atoms with E-state index in [1.165, 1.54) is 18.3 Å². The number of aryl methyl sites for hydroxylation is 1. The molecule has 0 unspecified atom stereocenters. The molecule has 1 saturated heterocycles. The third kappa shape index (κ3) is 4.51. The number of imidazole rings is 1. The molecule has 0 atom stereocenters. The molecule has 9 nitrogen and oxygen atoms in total. The molecule has 4 heterocycles. The van der Waals surface area contributed by atoms with Crippen LogP contribution >= 0.6 is 0 Å². The maximum atomic E-state index is 14.6. The first-order valence-corrected chi connectivity index (χ1v) is 9.12. The van der Waals surface area contributed by atoms with Gasteiger partial charge in [-0.25, -0.2) is 19.3 Å². The van der Waals surface area contributed by atoms with Crippen LogP contribution in [0.2, 0.25) is 0 Å². The first-order valence-electron chi connectivity index (χ1n) is 9.12. The minimum Gasteiger partial charge on any atom is -0.543 e. The Morgan fingerprint density at radius 1 is 1.20 bits per heavy atom. The number of carbonyl (C=O) groups excluding carboxylic acids is 1. The monoisotopic (exact) mass is 404 g/mol. The molecule has 0 radical (unpaired) electrons. The molecule has 3 aromatic heterocycles. The van der Waals surface area contributed by atoms with Gasteiger partial charge in [0.15, 0.2) is 5.82 Å². The number of anilines is 2. The Morgan fingerprint density at radius 3 is 2.63 bits per heavy atom. The smallest absolute Gasteiger partial charge is 0.543 e. The van der Waals surface area contributed by atoms with Crippen molar-refractivity contribution in [2.45, 2.75) is 25.8 Å². The van der Waals surface area contributed by atoms with Crippen LogP contribution in [0.3, 0.4) is 0 Å². The Hall–Kier alpha value is -2.80. The number of pyridine rings is 1. The van der Waals surface area contributed by atoms with E-state index < -0.39 is 11.8 Å². The number of ether oxygens (including phenoxy) is 1. The van der Waals surface area contributed by atoms with E-state index in [9.17, 15) is 14.3 Å². The normalized spacial score (nSPS) is 14.2. The molecule has 11 heteroatoms. The van der Waals surface area contributed by atoms with Gasteiger partial charge in [-0.05, 0) is 31.9 Å². The van der Waals surface area contributed by atoms with E-state index >= 15 is 0 Å². The average Bonchev–Trinajstić information content (AvgIpc) is 3.11. The van der Waals surface area contributed by atoms with Gasteiger partial charge < -0.3 is 24.5 Å². The fourth-order valence-electron chi connectivity index (χ4n) is 3.36. The Balaban J connectivity index is 0.00000256. The molecule has 1 aliphatic heterocycles. The van der Waals surface area contributed by atoms with E-state index in [0.29, 0.717) is 24.6 Å².